The second-order valence-corrected chi connectivity index (χ2v) is 13.3. The van der Waals surface area contributed by atoms with Gasteiger partial charge in [0.2, 0.25) is 5.91 Å². The highest BCUT2D eigenvalue weighted by Gasteiger charge is 2.31. The van der Waals surface area contributed by atoms with Crippen LogP contribution in [0.5, 0.6) is 0 Å². The Morgan fingerprint density at radius 2 is 1.82 bits per heavy atom. The van der Waals surface area contributed by atoms with E-state index in [1.165, 1.54) is 11.8 Å². The number of hydrogen-bond acceptors (Lipinski definition) is 10. The zero-order valence-corrected chi connectivity index (χ0v) is 28.1. The van der Waals surface area contributed by atoms with Gasteiger partial charge in [0.1, 0.15) is 0 Å². The van der Waals surface area contributed by atoms with Crippen molar-refractivity contribution in [1.29, 1.82) is 0 Å². The third kappa shape index (κ3) is 6.31. The molecule has 1 N–H and O–H groups in total. The third-order valence-corrected chi connectivity index (χ3v) is 10.2. The number of pyridine rings is 1. The van der Waals surface area contributed by atoms with Crippen LogP contribution >= 0.6 is 0 Å². The molecule has 7 heterocycles. The maximum Gasteiger partial charge on any atom is 0.356 e. The van der Waals surface area contributed by atoms with E-state index >= 15 is 0 Å². The summed E-state index contributed by atoms with van der Waals surface area (Å²) in [4.78, 5) is 34.8. The molecule has 1 aromatic carbocycles. The Balaban J connectivity index is 0.968. The highest BCUT2D eigenvalue weighted by Crippen LogP contribution is 2.37. The van der Waals surface area contributed by atoms with Gasteiger partial charge in [-0.3, -0.25) is 24.0 Å². The number of hydrogen-bond donors (Lipinski definition) is 1. The van der Waals surface area contributed by atoms with Crippen molar-refractivity contribution in [3.63, 3.8) is 0 Å². The van der Waals surface area contributed by atoms with Gasteiger partial charge in [-0.25, -0.2) is 4.79 Å². The van der Waals surface area contributed by atoms with Crippen molar-refractivity contribution in [3.05, 3.63) is 71.9 Å². The Kier molecular flexibility index (Phi) is 8.71. The van der Waals surface area contributed by atoms with Gasteiger partial charge in [0.15, 0.2) is 11.5 Å². The summed E-state index contributed by atoms with van der Waals surface area (Å²) in [5.74, 6) is -0.288. The van der Waals surface area contributed by atoms with Crippen LogP contribution in [0.3, 0.4) is 0 Å². The van der Waals surface area contributed by atoms with Crippen molar-refractivity contribution in [2.45, 2.75) is 45.3 Å². The van der Waals surface area contributed by atoms with Crippen molar-refractivity contribution >= 4 is 28.5 Å². The number of ether oxygens (including phenoxy) is 1. The lowest BCUT2D eigenvalue weighted by molar-refractivity contribution is -0.129. The van der Waals surface area contributed by atoms with Gasteiger partial charge >= 0.3 is 5.97 Å². The molecule has 258 valence electrons. The first kappa shape index (κ1) is 32.0. The number of aromatic nitrogens is 7. The molecule has 0 atom stereocenters. The Hall–Kier alpha value is -5.21. The lowest BCUT2D eigenvalue weighted by atomic mass is 9.96. The SMILES string of the molecule is CC(=O)N1CCc2c(c(-c3cccc4cc(-c5cnn(CCN6CCN(c7ccc(C(=O)O)nn7)CC6)c5)ncc34)nn2C2CCOCC2)C1. The molecule has 0 unspecified atom stereocenters. The second kappa shape index (κ2) is 13.6. The van der Waals surface area contributed by atoms with E-state index in [0.29, 0.717) is 24.9 Å². The first-order valence-electron chi connectivity index (χ1n) is 17.3. The smallest absolute Gasteiger partial charge is 0.356 e. The predicted molar refractivity (Wildman–Crippen MR) is 186 cm³/mol. The van der Waals surface area contributed by atoms with E-state index in [1.54, 1.807) is 13.0 Å². The minimum absolute atomic E-state index is 0.0507. The molecule has 0 radical (unpaired) electrons. The molecule has 8 rings (SSSR count). The molecular weight excluding hydrogens is 636 g/mol. The van der Waals surface area contributed by atoms with Crippen LogP contribution in [0.4, 0.5) is 5.82 Å². The fraction of sp³-hybridized carbons (Fsp3) is 0.417. The summed E-state index contributed by atoms with van der Waals surface area (Å²) >= 11 is 0. The van der Waals surface area contributed by atoms with Gasteiger partial charge in [-0.05, 0) is 36.4 Å². The van der Waals surface area contributed by atoms with Crippen molar-refractivity contribution in [3.8, 4) is 22.5 Å². The van der Waals surface area contributed by atoms with Crippen molar-refractivity contribution in [2.24, 2.45) is 0 Å². The third-order valence-electron chi connectivity index (χ3n) is 10.2. The number of carboxylic acid groups (broad SMARTS) is 1. The standard InChI is InChI=1S/C36H40N10O4/c1-24(47)44-10-7-33-30(23-44)35(41-46(33)27-8-17-50-18-9-27)28-4-2-3-25-19-32(37-21-29(25)28)26-20-38-45(22-26)16-13-42-11-14-43(15-12-42)34-6-5-31(36(48)49)39-40-34/h2-6,19-22,27H,7-18,23H2,1H3,(H,48,49). The van der Waals surface area contributed by atoms with Gasteiger partial charge < -0.3 is 19.6 Å². The molecule has 2 fully saturated rings. The molecule has 2 saturated heterocycles. The molecule has 0 spiro atoms. The van der Waals surface area contributed by atoms with Crippen LogP contribution in [0.1, 0.15) is 47.6 Å². The Morgan fingerprint density at radius 1 is 0.980 bits per heavy atom. The highest BCUT2D eigenvalue weighted by atomic mass is 16.5. The zero-order valence-electron chi connectivity index (χ0n) is 28.1. The van der Waals surface area contributed by atoms with Crippen LogP contribution in [0, 0.1) is 0 Å². The largest absolute Gasteiger partial charge is 0.476 e. The first-order valence-corrected chi connectivity index (χ1v) is 17.3. The van der Waals surface area contributed by atoms with Crippen molar-refractivity contribution in [1.82, 2.24) is 44.5 Å². The van der Waals surface area contributed by atoms with E-state index in [2.05, 4.69) is 60.2 Å². The normalized spacial score (nSPS) is 17.3. The number of nitrogens with zero attached hydrogens (tertiary/aromatic N) is 10. The molecule has 0 aliphatic carbocycles. The highest BCUT2D eigenvalue weighted by molar-refractivity contribution is 5.97. The number of carboxylic acids is 1. The van der Waals surface area contributed by atoms with Crippen LogP contribution in [0.25, 0.3) is 33.3 Å². The lowest BCUT2D eigenvalue weighted by Crippen LogP contribution is -2.47. The maximum absolute atomic E-state index is 12.4. The van der Waals surface area contributed by atoms with Gasteiger partial charge in [-0.2, -0.15) is 10.2 Å². The molecule has 3 aliphatic heterocycles. The Labute approximate surface area is 289 Å². The minimum Gasteiger partial charge on any atom is -0.476 e. The van der Waals surface area contributed by atoms with Gasteiger partial charge in [-0.15, -0.1) is 10.2 Å². The van der Waals surface area contributed by atoms with Crippen molar-refractivity contribution < 1.29 is 19.4 Å². The summed E-state index contributed by atoms with van der Waals surface area (Å²) in [6.07, 6.45) is 8.55. The minimum atomic E-state index is -1.08. The number of amides is 1. The van der Waals surface area contributed by atoms with E-state index in [-0.39, 0.29) is 11.6 Å². The fourth-order valence-electron chi connectivity index (χ4n) is 7.37. The number of carbonyl (C=O) groups is 2. The van der Waals surface area contributed by atoms with E-state index in [0.717, 1.165) is 111 Å². The van der Waals surface area contributed by atoms with E-state index < -0.39 is 5.97 Å². The number of benzene rings is 1. The van der Waals surface area contributed by atoms with Crippen LogP contribution in [-0.2, 0) is 29.0 Å². The monoisotopic (exact) mass is 676 g/mol. The van der Waals surface area contributed by atoms with Crippen LogP contribution in [0.2, 0.25) is 0 Å². The van der Waals surface area contributed by atoms with Gasteiger partial charge in [0, 0.05) is 113 Å². The summed E-state index contributed by atoms with van der Waals surface area (Å²) in [5, 5.41) is 29.0. The summed E-state index contributed by atoms with van der Waals surface area (Å²) in [5.41, 5.74) is 6.13. The number of carbonyl (C=O) groups excluding carboxylic acids is 1. The van der Waals surface area contributed by atoms with Crippen LogP contribution in [-0.4, -0.2) is 114 Å². The van der Waals surface area contributed by atoms with Gasteiger partial charge in [-0.1, -0.05) is 18.2 Å². The zero-order chi connectivity index (χ0) is 34.2. The molecule has 4 aromatic heterocycles. The Morgan fingerprint density at radius 3 is 2.58 bits per heavy atom. The molecule has 14 heteroatoms. The molecule has 3 aliphatic rings. The lowest BCUT2D eigenvalue weighted by Gasteiger charge is -2.35. The number of piperazine rings is 1. The second-order valence-electron chi connectivity index (χ2n) is 13.3. The predicted octanol–water partition coefficient (Wildman–Crippen LogP) is 3.53. The molecule has 5 aromatic rings. The maximum atomic E-state index is 12.4. The van der Waals surface area contributed by atoms with Gasteiger partial charge in [0.05, 0.1) is 30.2 Å². The topological polar surface area (TPSA) is 148 Å². The van der Waals surface area contributed by atoms with E-state index in [4.69, 9.17) is 19.9 Å². The Bertz CT molecular complexity index is 2030. The number of rotatable bonds is 8. The van der Waals surface area contributed by atoms with Crippen molar-refractivity contribution in [2.75, 3.05) is 57.4 Å². The molecule has 0 bridgehead atoms. The first-order chi connectivity index (χ1) is 24.4. The molecule has 0 saturated carbocycles. The molecule has 14 nitrogen and oxygen atoms in total. The number of anilines is 1. The van der Waals surface area contributed by atoms with Gasteiger partial charge in [0.25, 0.3) is 0 Å². The average Bonchev–Trinajstić information content (AvgIpc) is 3.79. The summed E-state index contributed by atoms with van der Waals surface area (Å²) < 4.78 is 9.85. The number of fused-ring (bicyclic) bond motifs is 2. The van der Waals surface area contributed by atoms with Crippen LogP contribution in [0.15, 0.2) is 55.0 Å². The van der Waals surface area contributed by atoms with E-state index in [1.807, 2.05) is 22.0 Å². The number of aromatic carboxylic acids is 1. The van der Waals surface area contributed by atoms with Crippen LogP contribution < -0.4 is 4.90 Å². The molecular formula is C36H40N10O4. The fourth-order valence-corrected chi connectivity index (χ4v) is 7.37. The summed E-state index contributed by atoms with van der Waals surface area (Å²) in [6.45, 7) is 9.35. The quantitative estimate of drug-likeness (QED) is 0.257. The molecule has 50 heavy (non-hydrogen) atoms. The summed E-state index contributed by atoms with van der Waals surface area (Å²) in [7, 11) is 0. The average molecular weight is 677 g/mol. The molecule has 1 amide bonds. The van der Waals surface area contributed by atoms with E-state index in [9.17, 15) is 9.59 Å². The summed E-state index contributed by atoms with van der Waals surface area (Å²) in [6, 6.07) is 11.9.